The fourth-order valence-corrected chi connectivity index (χ4v) is 3.07. The highest BCUT2D eigenvalue weighted by Gasteiger charge is 1.98. The van der Waals surface area contributed by atoms with Crippen LogP contribution in [0.1, 0.15) is 69.9 Å². The summed E-state index contributed by atoms with van der Waals surface area (Å²) in [6, 6.07) is 17.7. The molecular weight excluding hydrogens is 290 g/mol. The summed E-state index contributed by atoms with van der Waals surface area (Å²) in [6.45, 7) is 4.49. The van der Waals surface area contributed by atoms with Gasteiger partial charge in [0.2, 0.25) is 0 Å². The highest BCUT2D eigenvalue weighted by molar-refractivity contribution is 5.60. The van der Waals surface area contributed by atoms with Gasteiger partial charge in [0.05, 0.1) is 0 Å². The van der Waals surface area contributed by atoms with E-state index in [0.717, 1.165) is 6.42 Å². The van der Waals surface area contributed by atoms with Gasteiger partial charge in [-0.2, -0.15) is 0 Å². The first kappa shape index (κ1) is 18.6. The maximum Gasteiger partial charge on any atom is 0.0384 e. The van der Waals surface area contributed by atoms with Crippen molar-refractivity contribution in [2.45, 2.75) is 71.6 Å². The minimum atomic E-state index is 1.16. The van der Waals surface area contributed by atoms with Gasteiger partial charge < -0.3 is 5.32 Å². The second kappa shape index (κ2) is 10.9. The summed E-state index contributed by atoms with van der Waals surface area (Å²) < 4.78 is 0. The molecule has 0 aliphatic heterocycles. The normalized spacial score (nSPS) is 10.8. The van der Waals surface area contributed by atoms with Gasteiger partial charge in [-0.1, -0.05) is 76.6 Å². The van der Waals surface area contributed by atoms with Gasteiger partial charge in [-0.25, -0.2) is 0 Å². The molecule has 0 heterocycles. The lowest BCUT2D eigenvalue weighted by atomic mass is 10.0. The average molecular weight is 324 g/mol. The van der Waals surface area contributed by atoms with Crippen LogP contribution in [0, 0.1) is 0 Å². The molecule has 0 atom stereocenters. The third kappa shape index (κ3) is 6.78. The van der Waals surface area contributed by atoms with Crippen LogP contribution < -0.4 is 5.32 Å². The highest BCUT2D eigenvalue weighted by atomic mass is 14.9. The number of hydrogen-bond donors (Lipinski definition) is 1. The van der Waals surface area contributed by atoms with E-state index in [2.05, 4.69) is 67.7 Å². The summed E-state index contributed by atoms with van der Waals surface area (Å²) in [6.07, 6.45) is 11.8. The largest absolute Gasteiger partial charge is 0.356 e. The maximum absolute atomic E-state index is 3.49. The molecule has 0 aromatic heterocycles. The molecule has 0 saturated carbocycles. The molecule has 0 saturated heterocycles. The Kier molecular flexibility index (Phi) is 8.45. The molecular formula is C23H33N. The molecule has 24 heavy (non-hydrogen) atoms. The molecule has 0 amide bonds. The number of unbranched alkanes of at least 4 members (excludes halogenated alkanes) is 5. The van der Waals surface area contributed by atoms with Crippen molar-refractivity contribution in [1.29, 1.82) is 0 Å². The Morgan fingerprint density at radius 3 is 1.58 bits per heavy atom. The van der Waals surface area contributed by atoms with Gasteiger partial charge in [0.15, 0.2) is 0 Å². The molecule has 0 radical (unpaired) electrons. The van der Waals surface area contributed by atoms with Crippen LogP contribution in [0.15, 0.2) is 48.5 Å². The molecule has 1 nitrogen and oxygen atoms in total. The lowest BCUT2D eigenvalue weighted by Crippen LogP contribution is -1.92. The van der Waals surface area contributed by atoms with Gasteiger partial charge in [-0.3, -0.25) is 0 Å². The smallest absolute Gasteiger partial charge is 0.0384 e. The van der Waals surface area contributed by atoms with Crippen molar-refractivity contribution < 1.29 is 0 Å². The standard InChI is InChI=1S/C23H33N/c1-3-5-6-7-8-9-11-21-14-18-23(19-15-21)24-22-16-12-20(10-4-2)13-17-22/h12-19,24H,3-11H2,1-2H3. The Balaban J connectivity index is 1.75. The fraction of sp³-hybridized carbons (Fsp3) is 0.478. The van der Waals surface area contributed by atoms with E-state index in [1.165, 1.54) is 73.9 Å². The zero-order valence-corrected chi connectivity index (χ0v) is 15.5. The molecule has 130 valence electrons. The van der Waals surface area contributed by atoms with Gasteiger partial charge in [0.1, 0.15) is 0 Å². The van der Waals surface area contributed by atoms with Gasteiger partial charge in [0, 0.05) is 11.4 Å². The lowest BCUT2D eigenvalue weighted by molar-refractivity contribution is 0.607. The lowest BCUT2D eigenvalue weighted by Gasteiger charge is -2.09. The van der Waals surface area contributed by atoms with Gasteiger partial charge in [-0.15, -0.1) is 0 Å². The third-order valence-corrected chi connectivity index (χ3v) is 4.55. The second-order valence-electron chi connectivity index (χ2n) is 6.79. The zero-order chi connectivity index (χ0) is 17.0. The summed E-state index contributed by atoms with van der Waals surface area (Å²) in [5, 5.41) is 3.49. The van der Waals surface area contributed by atoms with Gasteiger partial charge in [0.25, 0.3) is 0 Å². The molecule has 2 aromatic rings. The number of hydrogen-bond acceptors (Lipinski definition) is 1. The molecule has 0 aliphatic carbocycles. The number of rotatable bonds is 11. The Morgan fingerprint density at radius 1 is 0.542 bits per heavy atom. The van der Waals surface area contributed by atoms with E-state index in [-0.39, 0.29) is 0 Å². The number of aryl methyl sites for hydroxylation is 2. The van der Waals surface area contributed by atoms with Gasteiger partial charge in [-0.05, 0) is 54.7 Å². The molecule has 1 heteroatoms. The third-order valence-electron chi connectivity index (χ3n) is 4.55. The Labute approximate surface area is 148 Å². The Bertz CT molecular complexity index is 554. The minimum Gasteiger partial charge on any atom is -0.356 e. The Hall–Kier alpha value is -1.76. The first-order chi connectivity index (χ1) is 11.8. The number of anilines is 2. The fourth-order valence-electron chi connectivity index (χ4n) is 3.07. The average Bonchev–Trinajstić information content (AvgIpc) is 2.61. The predicted molar refractivity (Wildman–Crippen MR) is 107 cm³/mol. The topological polar surface area (TPSA) is 12.0 Å². The van der Waals surface area contributed by atoms with E-state index < -0.39 is 0 Å². The van der Waals surface area contributed by atoms with Crippen molar-refractivity contribution in [3.63, 3.8) is 0 Å². The van der Waals surface area contributed by atoms with Crippen LogP contribution in [-0.2, 0) is 12.8 Å². The summed E-state index contributed by atoms with van der Waals surface area (Å²) in [7, 11) is 0. The predicted octanol–water partition coefficient (Wildman–Crippen LogP) is 7.29. The molecule has 0 fully saturated rings. The zero-order valence-electron chi connectivity index (χ0n) is 15.5. The van der Waals surface area contributed by atoms with E-state index in [1.54, 1.807) is 0 Å². The van der Waals surface area contributed by atoms with E-state index in [1.807, 2.05) is 0 Å². The molecule has 0 unspecified atom stereocenters. The SMILES string of the molecule is CCCCCCCCc1ccc(Nc2ccc(CCC)cc2)cc1. The van der Waals surface area contributed by atoms with E-state index in [9.17, 15) is 0 Å². The van der Waals surface area contributed by atoms with Crippen molar-refractivity contribution in [2.24, 2.45) is 0 Å². The van der Waals surface area contributed by atoms with Crippen LogP contribution >= 0.6 is 0 Å². The summed E-state index contributed by atoms with van der Waals surface area (Å²) in [5.41, 5.74) is 5.20. The van der Waals surface area contributed by atoms with Crippen LogP contribution in [0.2, 0.25) is 0 Å². The van der Waals surface area contributed by atoms with Crippen molar-refractivity contribution in [2.75, 3.05) is 5.32 Å². The monoisotopic (exact) mass is 323 g/mol. The van der Waals surface area contributed by atoms with E-state index in [4.69, 9.17) is 0 Å². The van der Waals surface area contributed by atoms with Crippen LogP contribution in [0.4, 0.5) is 11.4 Å². The quantitative estimate of drug-likeness (QED) is 0.428. The summed E-state index contributed by atoms with van der Waals surface area (Å²) >= 11 is 0. The summed E-state index contributed by atoms with van der Waals surface area (Å²) in [5.74, 6) is 0. The second-order valence-corrected chi connectivity index (χ2v) is 6.79. The van der Waals surface area contributed by atoms with Crippen LogP contribution in [0.25, 0.3) is 0 Å². The van der Waals surface area contributed by atoms with Crippen molar-refractivity contribution in [3.8, 4) is 0 Å². The molecule has 0 bridgehead atoms. The molecule has 0 spiro atoms. The number of benzene rings is 2. The van der Waals surface area contributed by atoms with Crippen molar-refractivity contribution in [3.05, 3.63) is 59.7 Å². The first-order valence-corrected chi connectivity index (χ1v) is 9.76. The molecule has 2 aromatic carbocycles. The minimum absolute atomic E-state index is 1.16. The van der Waals surface area contributed by atoms with Crippen molar-refractivity contribution >= 4 is 11.4 Å². The van der Waals surface area contributed by atoms with E-state index >= 15 is 0 Å². The molecule has 2 rings (SSSR count). The molecule has 1 N–H and O–H groups in total. The van der Waals surface area contributed by atoms with Crippen LogP contribution in [-0.4, -0.2) is 0 Å². The Morgan fingerprint density at radius 2 is 1.04 bits per heavy atom. The molecule has 0 aliphatic rings. The first-order valence-electron chi connectivity index (χ1n) is 9.76. The van der Waals surface area contributed by atoms with Crippen molar-refractivity contribution in [1.82, 2.24) is 0 Å². The van der Waals surface area contributed by atoms with Crippen LogP contribution in [0.3, 0.4) is 0 Å². The van der Waals surface area contributed by atoms with E-state index in [0.29, 0.717) is 0 Å². The maximum atomic E-state index is 3.49. The van der Waals surface area contributed by atoms with Gasteiger partial charge >= 0.3 is 0 Å². The highest BCUT2D eigenvalue weighted by Crippen LogP contribution is 2.19. The number of nitrogens with one attached hydrogen (secondary N) is 1. The summed E-state index contributed by atoms with van der Waals surface area (Å²) in [4.78, 5) is 0. The van der Waals surface area contributed by atoms with Crippen LogP contribution in [0.5, 0.6) is 0 Å².